The minimum atomic E-state index is 0.443. The summed E-state index contributed by atoms with van der Waals surface area (Å²) in [5.41, 5.74) is 4.68. The predicted octanol–water partition coefficient (Wildman–Crippen LogP) is 4.14. The van der Waals surface area contributed by atoms with Gasteiger partial charge in [-0.2, -0.15) is 10.4 Å². The number of nitrogens with zero attached hydrogens (tertiary/aromatic N) is 4. The number of rotatable bonds is 7. The number of nitriles is 1. The quantitative estimate of drug-likeness (QED) is 0.453. The summed E-state index contributed by atoms with van der Waals surface area (Å²) in [4.78, 5) is 2.58. The van der Waals surface area contributed by atoms with Gasteiger partial charge in [-0.05, 0) is 80.0 Å². The molecule has 1 aromatic heterocycles. The monoisotopic (exact) mass is 516 g/mol. The van der Waals surface area contributed by atoms with E-state index in [1.54, 1.807) is 26.4 Å². The van der Waals surface area contributed by atoms with Crippen LogP contribution in [0.5, 0.6) is 11.5 Å². The zero-order valence-electron chi connectivity index (χ0n) is 21.4. The summed E-state index contributed by atoms with van der Waals surface area (Å²) in [5.74, 6) is 2.48. The average molecular weight is 517 g/mol. The number of methoxy groups -OCH3 is 2. The maximum Gasteiger partial charge on any atom is 0.170 e. The lowest BCUT2D eigenvalue weighted by Crippen LogP contribution is -2.56. The first-order valence-electron chi connectivity index (χ1n) is 12.5. The highest BCUT2D eigenvalue weighted by Gasteiger charge is 2.41. The van der Waals surface area contributed by atoms with Crippen LogP contribution in [0.1, 0.15) is 30.0 Å². The molecule has 3 fully saturated rings. The molecule has 3 aliphatic rings. The Hall–Kier alpha value is -3.61. The van der Waals surface area contributed by atoms with E-state index >= 15 is 0 Å². The SMILES string of the molecule is COc1ccc(-c2cc([C@H]3CN4CC[C@H]3C[C@@H]4CNC(=S)Nc3cccc(C#N)c3)n(C)n2)cc1OC. The zero-order valence-corrected chi connectivity index (χ0v) is 22.2. The maximum absolute atomic E-state index is 9.10. The van der Waals surface area contributed by atoms with Gasteiger partial charge in [-0.1, -0.05) is 6.07 Å². The fourth-order valence-corrected chi connectivity index (χ4v) is 5.90. The summed E-state index contributed by atoms with van der Waals surface area (Å²) >= 11 is 5.52. The van der Waals surface area contributed by atoms with Crippen LogP contribution in [0.3, 0.4) is 0 Å². The Morgan fingerprint density at radius 3 is 2.73 bits per heavy atom. The molecule has 1 unspecified atom stereocenters. The van der Waals surface area contributed by atoms with Gasteiger partial charge in [-0.3, -0.25) is 9.58 Å². The first kappa shape index (κ1) is 25.1. The third kappa shape index (κ3) is 5.26. The van der Waals surface area contributed by atoms with Crippen LogP contribution in [0.2, 0.25) is 0 Å². The molecule has 37 heavy (non-hydrogen) atoms. The third-order valence-corrected chi connectivity index (χ3v) is 7.85. The molecule has 6 rings (SSSR count). The largest absolute Gasteiger partial charge is 0.493 e. The molecule has 9 heteroatoms. The molecule has 3 aliphatic heterocycles. The number of nitrogens with one attached hydrogen (secondary N) is 2. The van der Waals surface area contributed by atoms with E-state index < -0.39 is 0 Å². The molecule has 0 amide bonds. The molecule has 0 spiro atoms. The standard InChI is InChI=1S/C28H32N6O2S/c1-33-25(14-24(32-33)20-7-8-26(35-2)27(13-20)36-3)23-17-34-10-9-19(23)12-22(34)16-30-28(37)31-21-6-4-5-18(11-21)15-29/h4-8,11,13-14,19,22-23H,9-10,12,16-17H2,1-3H3,(H2,30,31,37)/t19-,22+,23-/m0/s1. The van der Waals surface area contributed by atoms with Gasteiger partial charge in [0.1, 0.15) is 0 Å². The summed E-state index contributed by atoms with van der Waals surface area (Å²) in [6.07, 6.45) is 2.32. The molecule has 0 radical (unpaired) electrons. The van der Waals surface area contributed by atoms with Crippen molar-refractivity contribution in [2.45, 2.75) is 24.8 Å². The number of aromatic nitrogens is 2. The molecular weight excluding hydrogens is 484 g/mol. The lowest BCUT2D eigenvalue weighted by atomic mass is 9.74. The summed E-state index contributed by atoms with van der Waals surface area (Å²) in [6.45, 7) is 2.93. The molecule has 192 valence electrons. The molecule has 4 atom stereocenters. The van der Waals surface area contributed by atoms with Crippen molar-refractivity contribution in [1.82, 2.24) is 20.0 Å². The summed E-state index contributed by atoms with van der Waals surface area (Å²) in [6, 6.07) is 18.1. The number of benzene rings is 2. The second-order valence-electron chi connectivity index (χ2n) is 9.72. The van der Waals surface area contributed by atoms with Crippen LogP contribution in [0.25, 0.3) is 11.3 Å². The number of hydrogen-bond acceptors (Lipinski definition) is 6. The smallest absolute Gasteiger partial charge is 0.170 e. The summed E-state index contributed by atoms with van der Waals surface area (Å²) in [7, 11) is 5.34. The molecule has 3 saturated heterocycles. The van der Waals surface area contributed by atoms with E-state index in [1.807, 2.05) is 42.1 Å². The molecule has 0 saturated carbocycles. The molecular formula is C28H32N6O2S. The van der Waals surface area contributed by atoms with E-state index in [9.17, 15) is 0 Å². The van der Waals surface area contributed by atoms with E-state index in [1.165, 1.54) is 12.1 Å². The van der Waals surface area contributed by atoms with Crippen molar-refractivity contribution in [3.63, 3.8) is 0 Å². The van der Waals surface area contributed by atoms with Crippen LogP contribution in [-0.4, -0.2) is 59.7 Å². The fraction of sp³-hybridized carbons (Fsp3) is 0.393. The molecule has 3 aromatic rings. The van der Waals surface area contributed by atoms with Crippen molar-refractivity contribution < 1.29 is 9.47 Å². The Balaban J connectivity index is 1.22. The predicted molar refractivity (Wildman–Crippen MR) is 148 cm³/mol. The van der Waals surface area contributed by atoms with Crippen LogP contribution in [0.4, 0.5) is 5.69 Å². The Morgan fingerprint density at radius 1 is 1.16 bits per heavy atom. The Labute approximate surface area is 223 Å². The molecule has 0 aliphatic carbocycles. The van der Waals surface area contributed by atoms with Crippen molar-refractivity contribution in [1.29, 1.82) is 5.26 Å². The van der Waals surface area contributed by atoms with Gasteiger partial charge in [-0.25, -0.2) is 0 Å². The highest BCUT2D eigenvalue weighted by molar-refractivity contribution is 7.80. The lowest BCUT2D eigenvalue weighted by molar-refractivity contribution is 0.0303. The zero-order chi connectivity index (χ0) is 25.9. The molecule has 2 N–H and O–H groups in total. The van der Waals surface area contributed by atoms with Crippen molar-refractivity contribution in [2.24, 2.45) is 13.0 Å². The van der Waals surface area contributed by atoms with Gasteiger partial charge >= 0.3 is 0 Å². The second kappa shape index (κ2) is 10.8. The molecule has 4 heterocycles. The Bertz CT molecular complexity index is 1330. The van der Waals surface area contributed by atoms with Crippen molar-refractivity contribution in [2.75, 3.05) is 39.2 Å². The van der Waals surface area contributed by atoms with Gasteiger partial charge in [0.2, 0.25) is 0 Å². The van der Waals surface area contributed by atoms with Gasteiger partial charge in [0.25, 0.3) is 0 Å². The second-order valence-corrected chi connectivity index (χ2v) is 10.1. The van der Waals surface area contributed by atoms with E-state index in [2.05, 4.69) is 27.7 Å². The van der Waals surface area contributed by atoms with Gasteiger partial charge in [0.05, 0.1) is 31.5 Å². The number of aryl methyl sites for hydroxylation is 1. The molecule has 8 nitrogen and oxygen atoms in total. The lowest BCUT2D eigenvalue weighted by Gasteiger charge is -2.50. The van der Waals surface area contributed by atoms with Gasteiger partial charge < -0.3 is 20.1 Å². The first-order valence-corrected chi connectivity index (χ1v) is 12.9. The number of hydrogen-bond donors (Lipinski definition) is 2. The number of piperidine rings is 3. The van der Waals surface area contributed by atoms with Gasteiger partial charge in [0, 0.05) is 49.0 Å². The van der Waals surface area contributed by atoms with E-state index in [-0.39, 0.29) is 0 Å². The molecule has 2 bridgehead atoms. The first-order chi connectivity index (χ1) is 18.0. The van der Waals surface area contributed by atoms with Crippen LogP contribution in [0, 0.1) is 17.2 Å². The topological polar surface area (TPSA) is 87.4 Å². The minimum absolute atomic E-state index is 0.443. The normalized spacial score (nSPS) is 22.2. The van der Waals surface area contributed by atoms with Crippen molar-refractivity contribution in [3.05, 3.63) is 59.8 Å². The van der Waals surface area contributed by atoms with Gasteiger partial charge in [0.15, 0.2) is 16.6 Å². The Kier molecular flexibility index (Phi) is 7.31. The fourth-order valence-electron chi connectivity index (χ4n) is 5.70. The van der Waals surface area contributed by atoms with Crippen LogP contribution < -0.4 is 20.1 Å². The minimum Gasteiger partial charge on any atom is -0.493 e. The van der Waals surface area contributed by atoms with Crippen molar-refractivity contribution >= 4 is 23.0 Å². The highest BCUT2D eigenvalue weighted by atomic mass is 32.1. The number of thiocarbonyl (C=S) groups is 1. The number of fused-ring (bicyclic) bond motifs is 3. The van der Waals surface area contributed by atoms with E-state index in [4.69, 9.17) is 32.1 Å². The Morgan fingerprint density at radius 2 is 2.00 bits per heavy atom. The van der Waals surface area contributed by atoms with Crippen LogP contribution in [-0.2, 0) is 7.05 Å². The van der Waals surface area contributed by atoms with E-state index in [0.717, 1.165) is 43.0 Å². The number of ether oxygens (including phenoxy) is 2. The number of anilines is 1. The van der Waals surface area contributed by atoms with Crippen LogP contribution >= 0.6 is 12.2 Å². The van der Waals surface area contributed by atoms with Crippen LogP contribution in [0.15, 0.2) is 48.5 Å². The molecule has 2 aromatic carbocycles. The van der Waals surface area contributed by atoms with Crippen molar-refractivity contribution in [3.8, 4) is 28.8 Å². The maximum atomic E-state index is 9.10. The average Bonchev–Trinajstić information content (AvgIpc) is 3.33. The third-order valence-electron chi connectivity index (χ3n) is 7.60. The summed E-state index contributed by atoms with van der Waals surface area (Å²) in [5, 5.41) is 21.1. The summed E-state index contributed by atoms with van der Waals surface area (Å²) < 4.78 is 12.9. The van der Waals surface area contributed by atoms with Gasteiger partial charge in [-0.15, -0.1) is 0 Å². The van der Waals surface area contributed by atoms with E-state index in [0.29, 0.717) is 40.1 Å². The highest BCUT2D eigenvalue weighted by Crippen LogP contribution is 2.42.